The molecule has 134 valence electrons. The lowest BCUT2D eigenvalue weighted by Gasteiger charge is -2.15. The van der Waals surface area contributed by atoms with Gasteiger partial charge in [-0.1, -0.05) is 91.0 Å². The van der Waals surface area contributed by atoms with Gasteiger partial charge in [0.2, 0.25) is 0 Å². The monoisotopic (exact) mass is 360 g/mol. The predicted molar refractivity (Wildman–Crippen MR) is 119 cm³/mol. The summed E-state index contributed by atoms with van der Waals surface area (Å²) in [5.41, 5.74) is 4.91. The van der Waals surface area contributed by atoms with Crippen LogP contribution in [0.25, 0.3) is 43.8 Å². The van der Waals surface area contributed by atoms with Gasteiger partial charge >= 0.3 is 0 Å². The molecule has 0 atom stereocenters. The van der Waals surface area contributed by atoms with Gasteiger partial charge in [-0.15, -0.1) is 0 Å². The molecule has 0 radical (unpaired) electrons. The number of ether oxygens (including phenoxy) is 1. The zero-order chi connectivity index (χ0) is 18.9. The van der Waals surface area contributed by atoms with Crippen molar-refractivity contribution in [3.8, 4) is 28.0 Å². The van der Waals surface area contributed by atoms with Crippen LogP contribution in [-0.2, 0) is 0 Å². The van der Waals surface area contributed by atoms with Crippen LogP contribution in [0, 0.1) is 0 Å². The SMILES string of the molecule is COc1cccc(-c2cccc3cccc(-c4cccc5ccccc45)c23)c1. The van der Waals surface area contributed by atoms with E-state index in [0.29, 0.717) is 0 Å². The maximum Gasteiger partial charge on any atom is 0.119 e. The highest BCUT2D eigenvalue weighted by atomic mass is 16.5. The van der Waals surface area contributed by atoms with Gasteiger partial charge in [0.25, 0.3) is 0 Å². The zero-order valence-corrected chi connectivity index (χ0v) is 15.7. The first-order valence-electron chi connectivity index (χ1n) is 9.49. The second kappa shape index (κ2) is 6.86. The third-order valence-electron chi connectivity index (χ3n) is 5.37. The van der Waals surface area contributed by atoms with E-state index in [1.54, 1.807) is 7.11 Å². The standard InChI is InChI=1S/C27H20O/c1-28-22-13-4-12-21(18-22)24-15-6-10-20-11-7-17-26(27(20)24)25-16-5-9-19-8-2-3-14-23(19)25/h2-18H,1H3. The van der Waals surface area contributed by atoms with Crippen LogP contribution in [0.4, 0.5) is 0 Å². The molecule has 0 amide bonds. The van der Waals surface area contributed by atoms with E-state index in [-0.39, 0.29) is 0 Å². The molecule has 0 aliphatic rings. The third kappa shape index (κ3) is 2.73. The largest absolute Gasteiger partial charge is 0.497 e. The van der Waals surface area contributed by atoms with E-state index in [1.165, 1.54) is 38.2 Å². The molecule has 0 aromatic heterocycles. The number of hydrogen-bond acceptors (Lipinski definition) is 1. The van der Waals surface area contributed by atoms with Crippen LogP contribution in [0.15, 0.2) is 103 Å². The number of fused-ring (bicyclic) bond motifs is 2. The Morgan fingerprint density at radius 2 is 1.18 bits per heavy atom. The topological polar surface area (TPSA) is 9.23 Å². The lowest BCUT2D eigenvalue weighted by molar-refractivity contribution is 0.415. The average molecular weight is 360 g/mol. The summed E-state index contributed by atoms with van der Waals surface area (Å²) in [6, 6.07) is 36.5. The summed E-state index contributed by atoms with van der Waals surface area (Å²) in [6.07, 6.45) is 0. The quantitative estimate of drug-likeness (QED) is 0.327. The summed E-state index contributed by atoms with van der Waals surface area (Å²) in [6.45, 7) is 0. The molecule has 5 rings (SSSR count). The van der Waals surface area contributed by atoms with Gasteiger partial charge in [0, 0.05) is 0 Å². The van der Waals surface area contributed by atoms with Crippen molar-refractivity contribution in [2.75, 3.05) is 7.11 Å². The van der Waals surface area contributed by atoms with Gasteiger partial charge in [-0.25, -0.2) is 0 Å². The fraction of sp³-hybridized carbons (Fsp3) is 0.0370. The molecule has 0 bridgehead atoms. The van der Waals surface area contributed by atoms with Crippen molar-refractivity contribution in [1.29, 1.82) is 0 Å². The Labute approximate surface area is 164 Å². The lowest BCUT2D eigenvalue weighted by atomic mass is 9.89. The number of hydrogen-bond donors (Lipinski definition) is 0. The molecule has 0 heterocycles. The minimum absolute atomic E-state index is 0.872. The molecule has 5 aromatic rings. The van der Waals surface area contributed by atoms with Crippen molar-refractivity contribution in [3.05, 3.63) is 103 Å². The minimum atomic E-state index is 0.872. The highest BCUT2D eigenvalue weighted by Crippen LogP contribution is 2.39. The van der Waals surface area contributed by atoms with Crippen molar-refractivity contribution in [3.63, 3.8) is 0 Å². The van der Waals surface area contributed by atoms with Gasteiger partial charge in [0.1, 0.15) is 5.75 Å². The van der Waals surface area contributed by atoms with Crippen molar-refractivity contribution >= 4 is 21.5 Å². The van der Waals surface area contributed by atoms with Crippen LogP contribution in [0.5, 0.6) is 5.75 Å². The maximum atomic E-state index is 5.46. The molecule has 0 fully saturated rings. The van der Waals surface area contributed by atoms with E-state index >= 15 is 0 Å². The van der Waals surface area contributed by atoms with E-state index in [2.05, 4.69) is 91.0 Å². The molecule has 28 heavy (non-hydrogen) atoms. The molecule has 0 N–H and O–H groups in total. The molecule has 0 unspecified atom stereocenters. The van der Waals surface area contributed by atoms with Crippen LogP contribution >= 0.6 is 0 Å². The third-order valence-corrected chi connectivity index (χ3v) is 5.37. The normalized spacial score (nSPS) is 11.0. The van der Waals surface area contributed by atoms with E-state index in [4.69, 9.17) is 4.74 Å². The van der Waals surface area contributed by atoms with Gasteiger partial charge in [0.15, 0.2) is 0 Å². The highest BCUT2D eigenvalue weighted by molar-refractivity contribution is 6.10. The van der Waals surface area contributed by atoms with Gasteiger partial charge in [-0.3, -0.25) is 0 Å². The summed E-state index contributed by atoms with van der Waals surface area (Å²) in [4.78, 5) is 0. The van der Waals surface area contributed by atoms with E-state index in [1.807, 2.05) is 12.1 Å². The fourth-order valence-corrected chi connectivity index (χ4v) is 4.06. The second-order valence-corrected chi connectivity index (χ2v) is 6.97. The fourth-order valence-electron chi connectivity index (χ4n) is 4.06. The predicted octanol–water partition coefficient (Wildman–Crippen LogP) is 7.34. The lowest BCUT2D eigenvalue weighted by Crippen LogP contribution is -1.89. The van der Waals surface area contributed by atoms with Crippen LogP contribution < -0.4 is 4.74 Å². The van der Waals surface area contributed by atoms with Crippen molar-refractivity contribution in [1.82, 2.24) is 0 Å². The van der Waals surface area contributed by atoms with Crippen molar-refractivity contribution < 1.29 is 4.74 Å². The van der Waals surface area contributed by atoms with Crippen LogP contribution in [0.3, 0.4) is 0 Å². The Morgan fingerprint density at radius 1 is 0.536 bits per heavy atom. The Morgan fingerprint density at radius 3 is 2.00 bits per heavy atom. The van der Waals surface area contributed by atoms with Gasteiger partial charge < -0.3 is 4.74 Å². The number of rotatable bonds is 3. The Hall–Kier alpha value is -3.58. The first-order chi connectivity index (χ1) is 13.8. The molecule has 0 aliphatic heterocycles. The average Bonchev–Trinajstić information content (AvgIpc) is 2.78. The van der Waals surface area contributed by atoms with E-state index in [0.717, 1.165) is 11.3 Å². The minimum Gasteiger partial charge on any atom is -0.497 e. The first-order valence-corrected chi connectivity index (χ1v) is 9.49. The van der Waals surface area contributed by atoms with Crippen LogP contribution in [0.2, 0.25) is 0 Å². The molecule has 1 heteroatoms. The van der Waals surface area contributed by atoms with Gasteiger partial charge in [-0.2, -0.15) is 0 Å². The second-order valence-electron chi connectivity index (χ2n) is 6.97. The van der Waals surface area contributed by atoms with Crippen molar-refractivity contribution in [2.24, 2.45) is 0 Å². The molecular weight excluding hydrogens is 340 g/mol. The first kappa shape index (κ1) is 16.6. The Kier molecular flexibility index (Phi) is 4.06. The van der Waals surface area contributed by atoms with E-state index in [9.17, 15) is 0 Å². The van der Waals surface area contributed by atoms with Crippen LogP contribution in [-0.4, -0.2) is 7.11 Å². The molecule has 0 spiro atoms. The van der Waals surface area contributed by atoms with Crippen molar-refractivity contribution in [2.45, 2.75) is 0 Å². The summed E-state index contributed by atoms with van der Waals surface area (Å²) in [7, 11) is 1.71. The molecular formula is C27H20O. The molecule has 0 saturated heterocycles. The van der Waals surface area contributed by atoms with Crippen LogP contribution in [0.1, 0.15) is 0 Å². The summed E-state index contributed by atoms with van der Waals surface area (Å²) in [5.74, 6) is 0.872. The molecule has 0 saturated carbocycles. The Bertz CT molecular complexity index is 1290. The molecule has 0 aliphatic carbocycles. The number of benzene rings is 5. The summed E-state index contributed by atoms with van der Waals surface area (Å²) < 4.78 is 5.46. The number of methoxy groups -OCH3 is 1. The van der Waals surface area contributed by atoms with E-state index < -0.39 is 0 Å². The molecule has 1 nitrogen and oxygen atoms in total. The van der Waals surface area contributed by atoms with Gasteiger partial charge in [0.05, 0.1) is 7.11 Å². The smallest absolute Gasteiger partial charge is 0.119 e. The Balaban J connectivity index is 1.86. The summed E-state index contributed by atoms with van der Waals surface area (Å²) >= 11 is 0. The maximum absolute atomic E-state index is 5.46. The molecule has 5 aromatic carbocycles. The summed E-state index contributed by atoms with van der Waals surface area (Å²) in [5, 5.41) is 5.05. The van der Waals surface area contributed by atoms with Gasteiger partial charge in [-0.05, 0) is 55.9 Å². The zero-order valence-electron chi connectivity index (χ0n) is 15.7. The highest BCUT2D eigenvalue weighted by Gasteiger charge is 2.12.